The first-order valence-corrected chi connectivity index (χ1v) is 10.2. The first-order valence-electron chi connectivity index (χ1n) is 7.49. The number of rotatable bonds is 8. The van der Waals surface area contributed by atoms with Crippen LogP contribution in [0.3, 0.4) is 0 Å². The maximum Gasteiger partial charge on any atom is 0.240 e. The summed E-state index contributed by atoms with van der Waals surface area (Å²) in [6, 6.07) is 11.8. The topological polar surface area (TPSA) is 66.5 Å². The van der Waals surface area contributed by atoms with Crippen LogP contribution >= 0.6 is 22.9 Å². The van der Waals surface area contributed by atoms with E-state index in [1.807, 2.05) is 13.0 Å². The second-order valence-electron chi connectivity index (χ2n) is 5.07. The van der Waals surface area contributed by atoms with Gasteiger partial charge in [0.05, 0.1) is 15.8 Å². The third-order valence-electron chi connectivity index (χ3n) is 3.39. The van der Waals surface area contributed by atoms with Gasteiger partial charge in [-0.25, -0.2) is 13.1 Å². The lowest BCUT2D eigenvalue weighted by molar-refractivity contribution is -0.131. The highest BCUT2D eigenvalue weighted by atomic mass is 35.5. The second kappa shape index (κ2) is 8.62. The van der Waals surface area contributed by atoms with Gasteiger partial charge in [0.15, 0.2) is 0 Å². The average molecular weight is 387 g/mol. The smallest absolute Gasteiger partial charge is 0.240 e. The van der Waals surface area contributed by atoms with E-state index in [1.54, 1.807) is 29.2 Å². The molecular formula is C16H19ClN2O3S2. The molecule has 0 radical (unpaired) electrons. The van der Waals surface area contributed by atoms with Crippen LogP contribution in [0.1, 0.15) is 18.2 Å². The van der Waals surface area contributed by atoms with Gasteiger partial charge in [-0.2, -0.15) is 0 Å². The fourth-order valence-electron chi connectivity index (χ4n) is 2.13. The summed E-state index contributed by atoms with van der Waals surface area (Å²) in [5.74, 6) is -0.0993. The Morgan fingerprint density at radius 1 is 1.21 bits per heavy atom. The number of thiophene rings is 1. The monoisotopic (exact) mass is 386 g/mol. The SMILES string of the molecule is CCN(Cc1ccc(Cl)s1)C(=O)CCNS(=O)(=O)c1ccccc1. The van der Waals surface area contributed by atoms with Crippen LogP contribution < -0.4 is 4.72 Å². The van der Waals surface area contributed by atoms with E-state index in [9.17, 15) is 13.2 Å². The van der Waals surface area contributed by atoms with Gasteiger partial charge in [0.1, 0.15) is 0 Å². The highest BCUT2D eigenvalue weighted by molar-refractivity contribution is 7.89. The molecule has 1 N–H and O–H groups in total. The Labute approximate surface area is 151 Å². The number of carbonyl (C=O) groups excluding carboxylic acids is 1. The predicted octanol–water partition coefficient (Wildman–Crippen LogP) is 3.12. The summed E-state index contributed by atoms with van der Waals surface area (Å²) in [5, 5.41) is 0. The van der Waals surface area contributed by atoms with Gasteiger partial charge < -0.3 is 4.90 Å². The van der Waals surface area contributed by atoms with E-state index in [-0.39, 0.29) is 23.8 Å². The number of nitrogens with zero attached hydrogens (tertiary/aromatic N) is 1. The second-order valence-corrected chi connectivity index (χ2v) is 8.64. The van der Waals surface area contributed by atoms with Crippen LogP contribution in [0.15, 0.2) is 47.4 Å². The van der Waals surface area contributed by atoms with Crippen molar-refractivity contribution in [3.8, 4) is 0 Å². The zero-order chi connectivity index (χ0) is 17.6. The molecule has 0 saturated carbocycles. The Morgan fingerprint density at radius 2 is 1.92 bits per heavy atom. The number of carbonyl (C=O) groups is 1. The first kappa shape index (κ1) is 18.9. The summed E-state index contributed by atoms with van der Waals surface area (Å²) in [6.45, 7) is 3.00. The van der Waals surface area contributed by atoms with Crippen LogP contribution in [0.5, 0.6) is 0 Å². The van der Waals surface area contributed by atoms with Crippen molar-refractivity contribution in [1.29, 1.82) is 0 Å². The van der Waals surface area contributed by atoms with Crippen LogP contribution in [-0.2, 0) is 21.4 Å². The molecule has 24 heavy (non-hydrogen) atoms. The van der Waals surface area contributed by atoms with Crippen LogP contribution in [0.4, 0.5) is 0 Å². The maximum atomic E-state index is 12.3. The first-order chi connectivity index (χ1) is 11.4. The van der Waals surface area contributed by atoms with Gasteiger partial charge in [0, 0.05) is 24.4 Å². The van der Waals surface area contributed by atoms with Crippen LogP contribution in [-0.4, -0.2) is 32.3 Å². The zero-order valence-electron chi connectivity index (χ0n) is 13.2. The molecule has 0 aliphatic carbocycles. The van der Waals surface area contributed by atoms with E-state index < -0.39 is 10.0 Å². The van der Waals surface area contributed by atoms with Gasteiger partial charge in [-0.3, -0.25) is 4.79 Å². The number of halogens is 1. The molecule has 1 aromatic carbocycles. The lowest BCUT2D eigenvalue weighted by atomic mass is 10.3. The van der Waals surface area contributed by atoms with E-state index in [2.05, 4.69) is 4.72 Å². The van der Waals surface area contributed by atoms with Crippen molar-refractivity contribution in [2.75, 3.05) is 13.1 Å². The average Bonchev–Trinajstić information content (AvgIpc) is 2.98. The molecule has 0 aliphatic rings. The Morgan fingerprint density at radius 3 is 2.50 bits per heavy atom. The number of amides is 1. The lowest BCUT2D eigenvalue weighted by Gasteiger charge is -2.20. The Balaban J connectivity index is 1.87. The third kappa shape index (κ3) is 5.31. The molecule has 0 fully saturated rings. The Bertz CT molecular complexity index is 776. The summed E-state index contributed by atoms with van der Waals surface area (Å²) in [4.78, 5) is 15.1. The molecule has 8 heteroatoms. The standard InChI is InChI=1S/C16H19ClN2O3S2/c1-2-19(12-13-8-9-15(17)23-13)16(20)10-11-18-24(21,22)14-6-4-3-5-7-14/h3-9,18H,2,10-12H2,1H3. The fourth-order valence-corrected chi connectivity index (χ4v) is 4.29. The van der Waals surface area contributed by atoms with E-state index in [0.29, 0.717) is 17.4 Å². The van der Waals surface area contributed by atoms with Crippen molar-refractivity contribution in [3.05, 3.63) is 51.7 Å². The highest BCUT2D eigenvalue weighted by Gasteiger charge is 2.16. The molecule has 0 atom stereocenters. The minimum atomic E-state index is -3.58. The van der Waals surface area contributed by atoms with Gasteiger partial charge in [-0.05, 0) is 31.2 Å². The summed E-state index contributed by atoms with van der Waals surface area (Å²) in [5.41, 5.74) is 0. The zero-order valence-corrected chi connectivity index (χ0v) is 15.6. The number of hydrogen-bond acceptors (Lipinski definition) is 4. The van der Waals surface area contributed by atoms with Crippen molar-refractivity contribution in [2.24, 2.45) is 0 Å². The van der Waals surface area contributed by atoms with E-state index >= 15 is 0 Å². The molecule has 2 rings (SSSR count). The number of benzene rings is 1. The molecule has 0 bridgehead atoms. The van der Waals surface area contributed by atoms with Crippen LogP contribution in [0.2, 0.25) is 4.34 Å². The summed E-state index contributed by atoms with van der Waals surface area (Å²) in [7, 11) is -3.58. The van der Waals surface area contributed by atoms with Crippen molar-refractivity contribution >= 4 is 38.9 Å². The lowest BCUT2D eigenvalue weighted by Crippen LogP contribution is -2.34. The van der Waals surface area contributed by atoms with Crippen molar-refractivity contribution < 1.29 is 13.2 Å². The fraction of sp³-hybridized carbons (Fsp3) is 0.312. The summed E-state index contributed by atoms with van der Waals surface area (Å²) >= 11 is 7.33. The molecule has 1 heterocycles. The molecule has 2 aromatic rings. The minimum Gasteiger partial charge on any atom is -0.338 e. The van der Waals surface area contributed by atoms with Crippen molar-refractivity contribution in [1.82, 2.24) is 9.62 Å². The van der Waals surface area contributed by atoms with Gasteiger partial charge in [0.2, 0.25) is 15.9 Å². The van der Waals surface area contributed by atoms with Crippen molar-refractivity contribution in [2.45, 2.75) is 24.8 Å². The molecule has 5 nitrogen and oxygen atoms in total. The van der Waals surface area contributed by atoms with E-state index in [4.69, 9.17) is 11.6 Å². The molecule has 1 amide bonds. The maximum absolute atomic E-state index is 12.3. The Kier molecular flexibility index (Phi) is 6.79. The van der Waals surface area contributed by atoms with Crippen LogP contribution in [0, 0.1) is 0 Å². The summed E-state index contributed by atoms with van der Waals surface area (Å²) < 4.78 is 27.3. The minimum absolute atomic E-state index is 0.0672. The Hall–Kier alpha value is -1.41. The van der Waals surface area contributed by atoms with Gasteiger partial charge in [-0.15, -0.1) is 11.3 Å². The molecular weight excluding hydrogens is 368 g/mol. The van der Waals surface area contributed by atoms with Crippen molar-refractivity contribution in [3.63, 3.8) is 0 Å². The number of hydrogen-bond donors (Lipinski definition) is 1. The van der Waals surface area contributed by atoms with E-state index in [0.717, 1.165) is 4.88 Å². The summed E-state index contributed by atoms with van der Waals surface area (Å²) in [6.07, 6.45) is 0.110. The number of nitrogens with one attached hydrogen (secondary N) is 1. The van der Waals surface area contributed by atoms with Crippen LogP contribution in [0.25, 0.3) is 0 Å². The van der Waals surface area contributed by atoms with Gasteiger partial charge >= 0.3 is 0 Å². The molecule has 0 unspecified atom stereocenters. The normalized spacial score (nSPS) is 11.4. The molecule has 130 valence electrons. The highest BCUT2D eigenvalue weighted by Crippen LogP contribution is 2.22. The molecule has 1 aromatic heterocycles. The molecule has 0 aliphatic heterocycles. The van der Waals surface area contributed by atoms with E-state index in [1.165, 1.54) is 23.5 Å². The quantitative estimate of drug-likeness (QED) is 0.757. The molecule has 0 spiro atoms. The van der Waals surface area contributed by atoms with Gasteiger partial charge in [-0.1, -0.05) is 29.8 Å². The largest absolute Gasteiger partial charge is 0.338 e. The molecule has 0 saturated heterocycles. The number of sulfonamides is 1. The van der Waals surface area contributed by atoms with Gasteiger partial charge in [0.25, 0.3) is 0 Å². The third-order valence-corrected chi connectivity index (χ3v) is 6.09. The predicted molar refractivity (Wildman–Crippen MR) is 96.7 cm³/mol.